The number of hydrogen-bond acceptors (Lipinski definition) is 4. The van der Waals surface area contributed by atoms with Gasteiger partial charge in [0.1, 0.15) is 11.6 Å². The minimum atomic E-state index is -0.338. The molecular formula is C14H16N2O2S. The number of carbonyl (C=O) groups excluding carboxylic acids is 1. The van der Waals surface area contributed by atoms with Gasteiger partial charge in [-0.3, -0.25) is 0 Å². The normalized spacial score (nSPS) is 12.1. The van der Waals surface area contributed by atoms with Gasteiger partial charge in [-0.05, 0) is 18.7 Å². The van der Waals surface area contributed by atoms with Crippen LogP contribution in [0.15, 0.2) is 42.9 Å². The molecule has 19 heavy (non-hydrogen) atoms. The molecule has 1 aromatic heterocycles. The second kappa shape index (κ2) is 6.43. The van der Waals surface area contributed by atoms with E-state index in [2.05, 4.69) is 4.98 Å². The Balaban J connectivity index is 2.22. The van der Waals surface area contributed by atoms with Crippen molar-refractivity contribution in [3.63, 3.8) is 0 Å². The van der Waals surface area contributed by atoms with Gasteiger partial charge in [0, 0.05) is 0 Å². The smallest absolute Gasteiger partial charge is 0.357 e. The molecule has 5 heteroatoms. The molecule has 0 fully saturated rings. The molecule has 2 aromatic rings. The minimum absolute atomic E-state index is 0.0422. The average Bonchev–Trinajstić information content (AvgIpc) is 2.94. The number of hydrogen-bond donors (Lipinski definition) is 0. The molecule has 4 nitrogen and oxygen atoms in total. The fourth-order valence-electron chi connectivity index (χ4n) is 1.85. The summed E-state index contributed by atoms with van der Waals surface area (Å²) in [4.78, 5) is 16.0. The van der Waals surface area contributed by atoms with Gasteiger partial charge in [-0.25, -0.2) is 9.78 Å². The second-order valence-corrected chi connectivity index (χ2v) is 4.92. The van der Waals surface area contributed by atoms with Gasteiger partial charge in [0.05, 0.1) is 18.6 Å². The van der Waals surface area contributed by atoms with E-state index < -0.39 is 0 Å². The Hall–Kier alpha value is -1.75. The van der Waals surface area contributed by atoms with Crippen molar-refractivity contribution in [3.05, 3.63) is 54.1 Å². The van der Waals surface area contributed by atoms with Crippen LogP contribution in [-0.4, -0.2) is 27.7 Å². The lowest BCUT2D eigenvalue weighted by molar-refractivity contribution is 0.0566. The second-order valence-electron chi connectivity index (χ2n) is 4.11. The van der Waals surface area contributed by atoms with Gasteiger partial charge in [-0.2, -0.15) is 0 Å². The first-order chi connectivity index (χ1) is 9.24. The predicted molar refractivity (Wildman–Crippen MR) is 76.3 cm³/mol. The fraction of sp³-hybridized carbons (Fsp3) is 0.286. The monoisotopic (exact) mass is 276 g/mol. The summed E-state index contributed by atoms with van der Waals surface area (Å²) in [6.45, 7) is 2.03. The Labute approximate surface area is 116 Å². The van der Waals surface area contributed by atoms with E-state index >= 15 is 0 Å². The summed E-state index contributed by atoms with van der Waals surface area (Å²) >= 11 is 1.47. The van der Waals surface area contributed by atoms with Gasteiger partial charge >= 0.3 is 5.97 Å². The number of thioether (sulfide) groups is 1. The Morgan fingerprint density at radius 3 is 2.84 bits per heavy atom. The molecule has 0 aliphatic heterocycles. The van der Waals surface area contributed by atoms with Crippen molar-refractivity contribution >= 4 is 17.7 Å². The van der Waals surface area contributed by atoms with Crippen LogP contribution < -0.4 is 0 Å². The first-order valence-electron chi connectivity index (χ1n) is 5.97. The number of nitrogens with zero attached hydrogens (tertiary/aromatic N) is 2. The molecule has 0 N–H and O–H groups in total. The molecule has 1 aromatic carbocycles. The first kappa shape index (κ1) is 13.7. The van der Waals surface area contributed by atoms with Crippen LogP contribution in [0.1, 0.15) is 29.0 Å². The Kier molecular flexibility index (Phi) is 4.63. The lowest BCUT2D eigenvalue weighted by atomic mass is 10.1. The summed E-state index contributed by atoms with van der Waals surface area (Å²) in [5.74, 6) is 0.0126. The van der Waals surface area contributed by atoms with E-state index in [1.165, 1.54) is 11.8 Å². The fourth-order valence-corrected chi connectivity index (χ4v) is 2.07. The Morgan fingerprint density at radius 2 is 2.16 bits per heavy atom. The largest absolute Gasteiger partial charge is 0.450 e. The molecule has 0 amide bonds. The zero-order valence-corrected chi connectivity index (χ0v) is 11.8. The minimum Gasteiger partial charge on any atom is -0.450 e. The quantitative estimate of drug-likeness (QED) is 0.622. The third-order valence-corrected chi connectivity index (χ3v) is 3.24. The third-order valence-electron chi connectivity index (χ3n) is 2.88. The van der Waals surface area contributed by atoms with Crippen LogP contribution >= 0.6 is 11.8 Å². The van der Waals surface area contributed by atoms with Gasteiger partial charge in [0.2, 0.25) is 0 Å². The van der Waals surface area contributed by atoms with Crippen molar-refractivity contribution in [2.75, 3.05) is 12.2 Å². The summed E-state index contributed by atoms with van der Waals surface area (Å²) in [5.41, 5.74) is 1.60. The van der Waals surface area contributed by atoms with Crippen LogP contribution in [0.25, 0.3) is 0 Å². The van der Waals surface area contributed by atoms with Crippen LogP contribution in [0.5, 0.6) is 0 Å². The van der Waals surface area contributed by atoms with Crippen LogP contribution in [0.3, 0.4) is 0 Å². The van der Waals surface area contributed by atoms with E-state index in [1.807, 2.05) is 48.1 Å². The predicted octanol–water partition coefficient (Wildman–Crippen LogP) is 2.97. The Morgan fingerprint density at radius 1 is 1.42 bits per heavy atom. The van der Waals surface area contributed by atoms with Gasteiger partial charge in [0.15, 0.2) is 0 Å². The maximum Gasteiger partial charge on any atom is 0.357 e. The molecule has 0 saturated carbocycles. The van der Waals surface area contributed by atoms with Crippen LogP contribution in [0, 0.1) is 0 Å². The first-order valence-corrected chi connectivity index (χ1v) is 7.36. The summed E-state index contributed by atoms with van der Waals surface area (Å²) < 4.78 is 6.96. The van der Waals surface area contributed by atoms with Gasteiger partial charge in [-0.15, -0.1) is 11.8 Å². The number of benzene rings is 1. The zero-order valence-electron chi connectivity index (χ0n) is 10.9. The number of ether oxygens (including phenoxy) is 1. The summed E-state index contributed by atoms with van der Waals surface area (Å²) in [6, 6.07) is 10.0. The van der Waals surface area contributed by atoms with E-state index in [0.29, 0.717) is 11.6 Å². The van der Waals surface area contributed by atoms with Crippen molar-refractivity contribution in [1.29, 1.82) is 0 Å². The number of rotatable bonds is 5. The lowest BCUT2D eigenvalue weighted by Gasteiger charge is -2.16. The van der Waals surface area contributed by atoms with E-state index in [-0.39, 0.29) is 12.0 Å². The molecule has 0 radical (unpaired) electrons. The van der Waals surface area contributed by atoms with Gasteiger partial charge in [-0.1, -0.05) is 30.3 Å². The van der Waals surface area contributed by atoms with Crippen molar-refractivity contribution in [2.24, 2.45) is 0 Å². The molecule has 0 unspecified atom stereocenters. The standard InChI is InChI=1S/C14H16N2O2S/c1-11(12-6-4-3-5-7-12)16-9-15-8-13(16)14(17)18-10-19-2/h3-9,11H,10H2,1-2H3/t11-/m1/s1. The van der Waals surface area contributed by atoms with Gasteiger partial charge in [0.25, 0.3) is 0 Å². The third kappa shape index (κ3) is 3.17. The average molecular weight is 276 g/mol. The highest BCUT2D eigenvalue weighted by Crippen LogP contribution is 2.19. The summed E-state index contributed by atoms with van der Waals surface area (Å²) in [6.07, 6.45) is 5.09. The van der Waals surface area contributed by atoms with Crippen molar-refractivity contribution in [2.45, 2.75) is 13.0 Å². The van der Waals surface area contributed by atoms with E-state index in [1.54, 1.807) is 12.5 Å². The molecular weight excluding hydrogens is 260 g/mol. The van der Waals surface area contributed by atoms with Crippen molar-refractivity contribution in [3.8, 4) is 0 Å². The van der Waals surface area contributed by atoms with E-state index in [4.69, 9.17) is 4.74 Å². The summed E-state index contributed by atoms with van der Waals surface area (Å²) in [5, 5.41) is 0. The highest BCUT2D eigenvalue weighted by atomic mass is 32.2. The number of esters is 1. The molecule has 0 spiro atoms. The highest BCUT2D eigenvalue weighted by Gasteiger charge is 2.17. The summed E-state index contributed by atoms with van der Waals surface area (Å²) in [7, 11) is 0. The SMILES string of the molecule is CSCOC(=O)c1cncn1[C@H](C)c1ccccc1. The molecule has 0 aliphatic rings. The Bertz CT molecular complexity index is 539. The lowest BCUT2D eigenvalue weighted by Crippen LogP contribution is -2.15. The molecule has 1 heterocycles. The molecule has 0 aliphatic carbocycles. The van der Waals surface area contributed by atoms with E-state index in [0.717, 1.165) is 5.56 Å². The maximum absolute atomic E-state index is 11.9. The van der Waals surface area contributed by atoms with Crippen molar-refractivity contribution < 1.29 is 9.53 Å². The molecule has 1 atom stereocenters. The van der Waals surface area contributed by atoms with Crippen molar-refractivity contribution in [1.82, 2.24) is 9.55 Å². The molecule has 100 valence electrons. The van der Waals surface area contributed by atoms with E-state index in [9.17, 15) is 4.79 Å². The molecule has 2 rings (SSSR count). The zero-order chi connectivity index (χ0) is 13.7. The number of aromatic nitrogens is 2. The number of imidazole rings is 1. The van der Waals surface area contributed by atoms with Gasteiger partial charge < -0.3 is 9.30 Å². The molecule has 0 bridgehead atoms. The molecule has 0 saturated heterocycles. The van der Waals surface area contributed by atoms with Crippen LogP contribution in [0.2, 0.25) is 0 Å². The maximum atomic E-state index is 11.9. The van der Waals surface area contributed by atoms with Crippen LogP contribution in [0.4, 0.5) is 0 Å². The van der Waals surface area contributed by atoms with Crippen LogP contribution in [-0.2, 0) is 4.74 Å². The number of carbonyl (C=O) groups is 1. The topological polar surface area (TPSA) is 44.1 Å². The highest BCUT2D eigenvalue weighted by molar-refractivity contribution is 7.98.